The molecule has 6 rings (SSSR count). The molecule has 0 radical (unpaired) electrons. The molecule has 11 nitrogen and oxygen atoms in total. The summed E-state index contributed by atoms with van der Waals surface area (Å²) in [5.41, 5.74) is 11.6. The molecule has 2 fully saturated rings. The molecule has 2 amide bonds. The molecule has 3 aromatic rings. The highest BCUT2D eigenvalue weighted by Gasteiger charge is 2.51. The number of amides is 2. The number of thioether (sulfide) groups is 1. The van der Waals surface area contributed by atoms with E-state index in [1.54, 1.807) is 31.1 Å². The third-order valence-electron chi connectivity index (χ3n) is 9.72. The third kappa shape index (κ3) is 7.51. The number of pyridine rings is 1. The minimum Gasteiger partial charge on any atom is -0.398 e. The Hall–Kier alpha value is -4.81. The number of benzene rings is 2. The molecule has 0 aliphatic carbocycles. The summed E-state index contributed by atoms with van der Waals surface area (Å²) in [6.07, 6.45) is 7.52. The third-order valence-corrected chi connectivity index (χ3v) is 10.7. The van der Waals surface area contributed by atoms with Crippen molar-refractivity contribution in [1.29, 1.82) is 10.8 Å². The first-order valence-corrected chi connectivity index (χ1v) is 18.0. The molecule has 1 aromatic heterocycles. The van der Waals surface area contributed by atoms with E-state index in [-0.39, 0.29) is 23.4 Å². The summed E-state index contributed by atoms with van der Waals surface area (Å²) in [7, 11) is 1.75. The Bertz CT molecular complexity index is 1840. The average Bonchev–Trinajstić information content (AvgIpc) is 3.68. The number of rotatable bonds is 10. The van der Waals surface area contributed by atoms with E-state index in [1.807, 2.05) is 58.3 Å². The number of aromatic nitrogens is 1. The second-order valence-electron chi connectivity index (χ2n) is 13.4. The van der Waals surface area contributed by atoms with E-state index in [0.29, 0.717) is 61.3 Å². The smallest absolute Gasteiger partial charge is 0.237 e. The van der Waals surface area contributed by atoms with Crippen LogP contribution in [0.4, 0.5) is 11.4 Å². The van der Waals surface area contributed by atoms with Gasteiger partial charge in [-0.3, -0.25) is 25.3 Å². The number of nitrogens with zero attached hydrogens (tertiary/aromatic N) is 5. The van der Waals surface area contributed by atoms with Gasteiger partial charge in [0.15, 0.2) is 5.84 Å². The lowest BCUT2D eigenvalue weighted by molar-refractivity contribution is -0.132. The number of carbonyl (C=O) groups excluding carboxylic acids is 2. The van der Waals surface area contributed by atoms with Gasteiger partial charge in [-0.25, -0.2) is 9.98 Å². The second kappa shape index (κ2) is 15.0. The van der Waals surface area contributed by atoms with Crippen LogP contribution in [0, 0.1) is 16.2 Å². The zero-order valence-corrected chi connectivity index (χ0v) is 29.7. The molecule has 0 unspecified atom stereocenters. The minimum absolute atomic E-state index is 0.0759. The maximum atomic E-state index is 14.0. The molecular formula is C38H45N9O2S. The van der Waals surface area contributed by atoms with Gasteiger partial charge in [0.25, 0.3) is 0 Å². The van der Waals surface area contributed by atoms with E-state index in [4.69, 9.17) is 16.6 Å². The Morgan fingerprint density at radius 3 is 2.52 bits per heavy atom. The van der Waals surface area contributed by atoms with Crippen molar-refractivity contribution in [2.24, 2.45) is 10.4 Å². The van der Waals surface area contributed by atoms with E-state index in [9.17, 15) is 9.59 Å². The highest BCUT2D eigenvalue weighted by atomic mass is 32.2. The van der Waals surface area contributed by atoms with Crippen LogP contribution in [-0.2, 0) is 9.59 Å². The monoisotopic (exact) mass is 691 g/mol. The Balaban J connectivity index is 1.04. The molecule has 1 atom stereocenters. The van der Waals surface area contributed by atoms with Crippen molar-refractivity contribution < 1.29 is 9.59 Å². The van der Waals surface area contributed by atoms with Crippen LogP contribution in [0.1, 0.15) is 55.4 Å². The maximum absolute atomic E-state index is 14.0. The largest absolute Gasteiger partial charge is 0.398 e. The van der Waals surface area contributed by atoms with Gasteiger partial charge in [0.2, 0.25) is 11.8 Å². The summed E-state index contributed by atoms with van der Waals surface area (Å²) >= 11 is 1.67. The number of nitrogen functional groups attached to an aromatic ring is 1. The fourth-order valence-corrected chi connectivity index (χ4v) is 7.70. The lowest BCUT2D eigenvalue weighted by Gasteiger charge is -2.29. The van der Waals surface area contributed by atoms with Crippen molar-refractivity contribution in [3.8, 4) is 0 Å². The van der Waals surface area contributed by atoms with Gasteiger partial charge in [-0.1, -0.05) is 44.2 Å². The number of hydrogen-bond donors (Lipinski definition) is 4. The fourth-order valence-electron chi connectivity index (χ4n) is 6.96. The van der Waals surface area contributed by atoms with Crippen molar-refractivity contribution in [3.05, 3.63) is 89.1 Å². The standard InChI is InChI=1S/C38H45N9O2S/c1-25(2)50-33-11-8-29(21-43-33)35(40)31-20-30(9-10-32(31)39)47-19-15-38(37(47)49)14-18-45(23-38)22-34(48)46-16-12-27(13-17-46)26-4-6-28(7-5-26)36(41)44-24-42-3/h4-12,20-21,24-25,40H,13-19,22-23,39H2,1-3H3,(H2,41,42,44)/t38-/m0/s1. The summed E-state index contributed by atoms with van der Waals surface area (Å²) in [6, 6.07) is 17.1. The van der Waals surface area contributed by atoms with Crippen LogP contribution in [0.5, 0.6) is 0 Å². The topological polar surface area (TPSA) is 155 Å². The summed E-state index contributed by atoms with van der Waals surface area (Å²) in [5.74, 6) is 0.355. The zero-order chi connectivity index (χ0) is 35.4. The van der Waals surface area contributed by atoms with Gasteiger partial charge in [0.05, 0.1) is 29.0 Å². The lowest BCUT2D eigenvalue weighted by Crippen LogP contribution is -2.43. The Labute approximate surface area is 298 Å². The first-order chi connectivity index (χ1) is 24.1. The molecule has 3 aliphatic heterocycles. The van der Waals surface area contributed by atoms with Gasteiger partial charge in [-0.2, -0.15) is 0 Å². The Kier molecular flexibility index (Phi) is 10.5. The summed E-state index contributed by atoms with van der Waals surface area (Å²) in [5, 5.41) is 21.1. The first kappa shape index (κ1) is 35.0. The zero-order valence-electron chi connectivity index (χ0n) is 28.9. The number of nitrogens with two attached hydrogens (primary N) is 1. The SMILES string of the molecule is CN/C=N\C(=N)c1ccc(C2=CCN(C(=O)CN3CC[C@]4(CCN(c5ccc(N)c(C(=N)c6ccc(SC(C)C)nc6)c5)C4=O)C3)CC2)cc1. The molecule has 1 spiro atoms. The minimum atomic E-state index is -0.515. The predicted molar refractivity (Wildman–Crippen MR) is 202 cm³/mol. The summed E-state index contributed by atoms with van der Waals surface area (Å²) in [6.45, 7) is 7.58. The average molecular weight is 692 g/mol. The van der Waals surface area contributed by atoms with Crippen molar-refractivity contribution >= 4 is 58.4 Å². The molecule has 0 saturated carbocycles. The molecule has 5 N–H and O–H groups in total. The van der Waals surface area contributed by atoms with Crippen molar-refractivity contribution in [3.63, 3.8) is 0 Å². The number of likely N-dealkylation sites (tertiary alicyclic amines) is 1. The van der Waals surface area contributed by atoms with Gasteiger partial charge >= 0.3 is 0 Å². The van der Waals surface area contributed by atoms with Crippen molar-refractivity contribution in [2.75, 3.05) is 56.9 Å². The number of aliphatic imine (C=N–C) groups is 1. The van der Waals surface area contributed by atoms with E-state index in [2.05, 4.69) is 40.1 Å². The number of hydrogen-bond acceptors (Lipinski definition) is 8. The fraction of sp³-hybridized carbons (Fsp3) is 0.368. The van der Waals surface area contributed by atoms with Crippen molar-refractivity contribution in [2.45, 2.75) is 43.4 Å². The number of carbonyl (C=O) groups is 2. The van der Waals surface area contributed by atoms with Crippen LogP contribution in [0.25, 0.3) is 5.57 Å². The first-order valence-electron chi connectivity index (χ1n) is 17.1. The highest BCUT2D eigenvalue weighted by molar-refractivity contribution is 7.99. The molecule has 260 valence electrons. The molecule has 0 bridgehead atoms. The van der Waals surface area contributed by atoms with Crippen LogP contribution in [0.2, 0.25) is 0 Å². The van der Waals surface area contributed by atoms with Gasteiger partial charge in [0.1, 0.15) is 0 Å². The number of amidine groups is 1. The van der Waals surface area contributed by atoms with Gasteiger partial charge in [-0.05, 0) is 67.3 Å². The lowest BCUT2D eigenvalue weighted by atomic mass is 9.85. The predicted octanol–water partition coefficient (Wildman–Crippen LogP) is 4.90. The molecule has 12 heteroatoms. The molecule has 2 aromatic carbocycles. The molecular weight excluding hydrogens is 647 g/mol. The molecule has 4 heterocycles. The van der Waals surface area contributed by atoms with Crippen LogP contribution in [0.15, 0.2) is 76.9 Å². The van der Waals surface area contributed by atoms with Crippen molar-refractivity contribution in [1.82, 2.24) is 20.1 Å². The Morgan fingerprint density at radius 2 is 1.84 bits per heavy atom. The molecule has 50 heavy (non-hydrogen) atoms. The van der Waals surface area contributed by atoms with Gasteiger partial charge in [0, 0.05) is 72.7 Å². The summed E-state index contributed by atoms with van der Waals surface area (Å²) in [4.78, 5) is 41.8. The molecule has 2 saturated heterocycles. The summed E-state index contributed by atoms with van der Waals surface area (Å²) < 4.78 is 0. The normalized spacial score (nSPS) is 19.5. The Morgan fingerprint density at radius 1 is 1.08 bits per heavy atom. The molecule has 3 aliphatic rings. The van der Waals surface area contributed by atoms with Crippen LogP contribution < -0.4 is 16.0 Å². The van der Waals surface area contributed by atoms with E-state index >= 15 is 0 Å². The van der Waals surface area contributed by atoms with E-state index in [0.717, 1.165) is 41.1 Å². The van der Waals surface area contributed by atoms with E-state index in [1.165, 1.54) is 11.9 Å². The maximum Gasteiger partial charge on any atom is 0.237 e. The van der Waals surface area contributed by atoms with Crippen LogP contribution in [-0.4, -0.2) is 96.1 Å². The van der Waals surface area contributed by atoms with Gasteiger partial charge in [-0.15, -0.1) is 11.8 Å². The second-order valence-corrected chi connectivity index (χ2v) is 15.0. The number of anilines is 2. The number of nitrogens with one attached hydrogen (secondary N) is 3. The van der Waals surface area contributed by atoms with Crippen LogP contribution in [0.3, 0.4) is 0 Å². The highest BCUT2D eigenvalue weighted by Crippen LogP contribution is 2.43. The van der Waals surface area contributed by atoms with Crippen LogP contribution >= 0.6 is 11.8 Å². The quantitative estimate of drug-likeness (QED) is 0.102. The van der Waals surface area contributed by atoms with Gasteiger partial charge < -0.3 is 20.9 Å². The van der Waals surface area contributed by atoms with E-state index < -0.39 is 5.41 Å².